The Morgan fingerprint density at radius 1 is 1.00 bits per heavy atom. The van der Waals surface area contributed by atoms with Crippen LogP contribution in [-0.2, 0) is 10.0 Å². The summed E-state index contributed by atoms with van der Waals surface area (Å²) in [5, 5.41) is 16.7. The van der Waals surface area contributed by atoms with Crippen molar-refractivity contribution >= 4 is 33.4 Å². The number of sulfonamides is 1. The van der Waals surface area contributed by atoms with Gasteiger partial charge in [-0.1, -0.05) is 5.10 Å². The summed E-state index contributed by atoms with van der Waals surface area (Å²) < 4.78 is 99.2. The summed E-state index contributed by atoms with van der Waals surface area (Å²) in [5.41, 5.74) is -0.560. The summed E-state index contributed by atoms with van der Waals surface area (Å²) in [5.74, 6) is -12.6. The largest absolute Gasteiger partial charge is 0.495 e. The fourth-order valence-electron chi connectivity index (χ4n) is 2.37. The molecule has 0 unspecified atom stereocenters. The van der Waals surface area contributed by atoms with Crippen LogP contribution in [-0.4, -0.2) is 42.2 Å². The average molecular weight is 479 g/mol. The Morgan fingerprint density at radius 3 is 2.19 bits per heavy atom. The van der Waals surface area contributed by atoms with E-state index >= 15 is 0 Å². The molecule has 4 N–H and O–H groups in total. The first-order valence-electron chi connectivity index (χ1n) is 8.09. The number of benzene rings is 2. The lowest BCUT2D eigenvalue weighted by Crippen LogP contribution is -2.21. The molecule has 2 amide bonds. The van der Waals surface area contributed by atoms with Crippen molar-refractivity contribution in [2.45, 2.75) is 4.90 Å². The van der Waals surface area contributed by atoms with Crippen LogP contribution in [0.4, 0.5) is 44.1 Å². The topological polar surface area (TPSA) is 151 Å². The zero-order valence-corrected chi connectivity index (χ0v) is 16.3. The molecule has 0 bridgehead atoms. The quantitative estimate of drug-likeness (QED) is 0.241. The summed E-state index contributed by atoms with van der Waals surface area (Å²) in [6.45, 7) is 0. The highest BCUT2D eigenvalue weighted by atomic mass is 32.2. The molecule has 0 saturated carbocycles. The molecule has 17 heteroatoms. The summed E-state index contributed by atoms with van der Waals surface area (Å²) in [7, 11) is -4.07. The fourth-order valence-corrected chi connectivity index (χ4v) is 3.56. The normalized spacial score (nSPS) is 11.2. The lowest BCUT2D eigenvalue weighted by atomic mass is 10.2. The maximum atomic E-state index is 13.9. The van der Waals surface area contributed by atoms with Crippen LogP contribution >= 0.6 is 0 Å². The van der Waals surface area contributed by atoms with Crippen LogP contribution < -0.4 is 20.1 Å². The maximum absolute atomic E-state index is 13.9. The van der Waals surface area contributed by atoms with E-state index in [1.165, 1.54) is 7.11 Å². The van der Waals surface area contributed by atoms with E-state index in [0.29, 0.717) is 0 Å². The van der Waals surface area contributed by atoms with Crippen LogP contribution in [0.15, 0.2) is 23.1 Å². The molecule has 0 fully saturated rings. The van der Waals surface area contributed by atoms with Gasteiger partial charge in [-0.2, -0.15) is 5.21 Å². The van der Waals surface area contributed by atoms with Crippen molar-refractivity contribution in [1.29, 1.82) is 0 Å². The van der Waals surface area contributed by atoms with E-state index in [4.69, 9.17) is 4.74 Å². The van der Waals surface area contributed by atoms with E-state index in [1.807, 2.05) is 0 Å². The van der Waals surface area contributed by atoms with Gasteiger partial charge in [-0.05, 0) is 23.4 Å². The third-order valence-corrected chi connectivity index (χ3v) is 5.11. The zero-order chi connectivity index (χ0) is 23.6. The molecule has 2 aromatic carbocycles. The first-order chi connectivity index (χ1) is 15.0. The molecule has 11 nitrogen and oxygen atoms in total. The fraction of sp³-hybridized carbons (Fsp3) is 0.0667. The van der Waals surface area contributed by atoms with E-state index in [-0.39, 0.29) is 17.4 Å². The number of nitrogens with one attached hydrogen (secondary N) is 4. The number of tetrazole rings is 1. The summed E-state index contributed by atoms with van der Waals surface area (Å²) >= 11 is 0. The SMILES string of the molecule is COc1ccc(NS(=O)(=O)c2c(F)c(F)c(F)c(F)c2F)cc1NC(=O)Nc1nn[nH]n1. The predicted molar refractivity (Wildman–Crippen MR) is 96.9 cm³/mol. The molecule has 1 aromatic heterocycles. The van der Waals surface area contributed by atoms with E-state index in [2.05, 4.69) is 31.3 Å². The summed E-state index contributed by atoms with van der Waals surface area (Å²) in [4.78, 5) is 9.93. The molecule has 170 valence electrons. The van der Waals surface area contributed by atoms with Gasteiger partial charge >= 0.3 is 6.03 Å². The number of aromatic nitrogens is 4. The molecule has 0 spiro atoms. The van der Waals surface area contributed by atoms with Gasteiger partial charge in [0.25, 0.3) is 16.0 Å². The zero-order valence-electron chi connectivity index (χ0n) is 15.5. The molecule has 0 atom stereocenters. The minimum atomic E-state index is -5.29. The first kappa shape index (κ1) is 22.7. The van der Waals surface area contributed by atoms with Gasteiger partial charge in [0.15, 0.2) is 28.2 Å². The number of nitrogens with zero attached hydrogens (tertiary/aromatic N) is 3. The summed E-state index contributed by atoms with van der Waals surface area (Å²) in [6, 6.07) is 2.24. The highest BCUT2D eigenvalue weighted by Gasteiger charge is 2.33. The lowest BCUT2D eigenvalue weighted by molar-refractivity contribution is 0.262. The molecular formula is C15H10F5N7O4S. The number of rotatable bonds is 6. The van der Waals surface area contributed by atoms with Gasteiger partial charge < -0.3 is 10.1 Å². The molecule has 3 aromatic rings. The third-order valence-electron chi connectivity index (χ3n) is 3.71. The van der Waals surface area contributed by atoms with Gasteiger partial charge in [0, 0.05) is 0 Å². The van der Waals surface area contributed by atoms with E-state index in [1.54, 1.807) is 4.72 Å². The van der Waals surface area contributed by atoms with Gasteiger partial charge in [0.05, 0.1) is 18.5 Å². The number of hydrogen-bond acceptors (Lipinski definition) is 7. The molecule has 0 radical (unpaired) electrons. The van der Waals surface area contributed by atoms with Gasteiger partial charge in [-0.3, -0.25) is 10.0 Å². The van der Waals surface area contributed by atoms with Crippen molar-refractivity contribution < 1.29 is 39.9 Å². The number of ether oxygens (including phenoxy) is 1. The molecule has 0 aliphatic carbocycles. The van der Waals surface area contributed by atoms with Crippen LogP contribution in [0.2, 0.25) is 0 Å². The van der Waals surface area contributed by atoms with Crippen LogP contribution in [0.3, 0.4) is 0 Å². The smallest absolute Gasteiger partial charge is 0.326 e. The van der Waals surface area contributed by atoms with E-state index in [9.17, 15) is 35.2 Å². The number of halogens is 5. The monoisotopic (exact) mass is 479 g/mol. The predicted octanol–water partition coefficient (Wildman–Crippen LogP) is 2.35. The van der Waals surface area contributed by atoms with Gasteiger partial charge in [0.2, 0.25) is 5.82 Å². The van der Waals surface area contributed by atoms with Crippen LogP contribution in [0.25, 0.3) is 0 Å². The minimum Gasteiger partial charge on any atom is -0.495 e. The average Bonchev–Trinajstić information content (AvgIpc) is 3.23. The highest BCUT2D eigenvalue weighted by Crippen LogP contribution is 2.31. The summed E-state index contributed by atoms with van der Waals surface area (Å²) in [6.07, 6.45) is 0. The van der Waals surface area contributed by atoms with E-state index < -0.39 is 55.7 Å². The van der Waals surface area contributed by atoms with Gasteiger partial charge in [-0.15, -0.1) is 5.10 Å². The Labute approximate surface area is 175 Å². The van der Waals surface area contributed by atoms with Crippen LogP contribution in [0.1, 0.15) is 0 Å². The molecular weight excluding hydrogens is 469 g/mol. The number of anilines is 3. The number of methoxy groups -OCH3 is 1. The Hall–Kier alpha value is -4.02. The van der Waals surface area contributed by atoms with Gasteiger partial charge in [-0.25, -0.2) is 35.2 Å². The maximum Gasteiger partial charge on any atom is 0.326 e. The number of H-pyrrole nitrogens is 1. The standard InChI is InChI=1S/C15H10F5N7O4S/c1-31-7-3-2-5(4-6(7)21-15(28)22-14-23-26-27-24-14)25-32(29,30)13-11(19)9(17)8(16)10(18)12(13)20/h2-4,25H,1H3,(H3,21,22,23,24,26,27,28). The Morgan fingerprint density at radius 2 is 1.62 bits per heavy atom. The number of amides is 2. The second-order valence-electron chi connectivity index (χ2n) is 5.73. The number of aromatic amines is 1. The number of carbonyl (C=O) groups is 1. The van der Waals surface area contributed by atoms with Crippen molar-refractivity contribution in [2.75, 3.05) is 22.5 Å². The molecule has 0 aliphatic heterocycles. The van der Waals surface area contributed by atoms with E-state index in [0.717, 1.165) is 18.2 Å². The molecule has 32 heavy (non-hydrogen) atoms. The number of urea groups is 1. The van der Waals surface area contributed by atoms with Crippen molar-refractivity contribution in [1.82, 2.24) is 20.6 Å². The van der Waals surface area contributed by atoms with Crippen molar-refractivity contribution in [3.63, 3.8) is 0 Å². The minimum absolute atomic E-state index is 0.0208. The number of carbonyl (C=O) groups excluding carboxylic acids is 1. The first-order valence-corrected chi connectivity index (χ1v) is 9.57. The molecule has 1 heterocycles. The van der Waals surface area contributed by atoms with Crippen molar-refractivity contribution in [3.8, 4) is 5.75 Å². The molecule has 0 saturated heterocycles. The second-order valence-corrected chi connectivity index (χ2v) is 7.35. The Kier molecular flexibility index (Phi) is 6.10. The lowest BCUT2D eigenvalue weighted by Gasteiger charge is -2.14. The van der Waals surface area contributed by atoms with Crippen LogP contribution in [0.5, 0.6) is 5.75 Å². The Bertz CT molecular complexity index is 1260. The molecule has 0 aliphatic rings. The molecule has 3 rings (SSSR count). The number of hydrogen-bond donors (Lipinski definition) is 4. The highest BCUT2D eigenvalue weighted by molar-refractivity contribution is 7.92. The van der Waals surface area contributed by atoms with Crippen molar-refractivity contribution in [3.05, 3.63) is 47.3 Å². The second kappa shape index (κ2) is 8.61. The van der Waals surface area contributed by atoms with Crippen molar-refractivity contribution in [2.24, 2.45) is 0 Å². The van der Waals surface area contributed by atoms with Gasteiger partial charge in [0.1, 0.15) is 5.75 Å². The van der Waals surface area contributed by atoms with Crippen LogP contribution in [0, 0.1) is 29.1 Å². The third kappa shape index (κ3) is 4.36. The Balaban J connectivity index is 1.92.